The van der Waals surface area contributed by atoms with Gasteiger partial charge in [0.15, 0.2) is 0 Å². The zero-order valence-corrected chi connectivity index (χ0v) is 11.1. The Labute approximate surface area is 104 Å². The van der Waals surface area contributed by atoms with E-state index >= 15 is 0 Å². The third-order valence-electron chi connectivity index (χ3n) is 3.00. The zero-order chi connectivity index (χ0) is 12.8. The Bertz CT molecular complexity index is 339. The molecule has 1 aromatic rings. The molecule has 0 aliphatic carbocycles. The maximum absolute atomic E-state index is 9.78. The molecule has 0 heterocycles. The second-order valence-electron chi connectivity index (χ2n) is 5.07. The fourth-order valence-electron chi connectivity index (χ4n) is 1.69. The molecule has 1 unspecified atom stereocenters. The molecule has 0 aliphatic rings. The van der Waals surface area contributed by atoms with Gasteiger partial charge in [0, 0.05) is 18.8 Å². The zero-order valence-electron chi connectivity index (χ0n) is 11.1. The van der Waals surface area contributed by atoms with Gasteiger partial charge in [-0.15, -0.1) is 0 Å². The minimum absolute atomic E-state index is 0.249. The first-order valence-corrected chi connectivity index (χ1v) is 6.20. The number of hydrogen-bond acceptors (Lipinski definition) is 3. The number of nitrogen functional groups attached to an aromatic ring is 1. The molecule has 17 heavy (non-hydrogen) atoms. The minimum atomic E-state index is -0.249. The maximum Gasteiger partial charge on any atom is 0.0689 e. The van der Waals surface area contributed by atoms with Crippen LogP contribution in [-0.4, -0.2) is 36.2 Å². The number of aliphatic hydroxyl groups excluding tert-OH is 1. The Morgan fingerprint density at radius 2 is 2.06 bits per heavy atom. The van der Waals surface area contributed by atoms with E-state index in [9.17, 15) is 5.11 Å². The summed E-state index contributed by atoms with van der Waals surface area (Å²) >= 11 is 0. The summed E-state index contributed by atoms with van der Waals surface area (Å²) < 4.78 is 0. The molecule has 1 aromatic carbocycles. The predicted octanol–water partition coefficient (Wildman–Crippen LogP) is 1.76. The van der Waals surface area contributed by atoms with Gasteiger partial charge in [0.2, 0.25) is 0 Å². The molecule has 1 atom stereocenters. The Morgan fingerprint density at radius 3 is 2.65 bits per heavy atom. The van der Waals surface area contributed by atoms with E-state index < -0.39 is 0 Å². The first-order chi connectivity index (χ1) is 7.99. The topological polar surface area (TPSA) is 49.5 Å². The molecule has 0 bridgehead atoms. The Hall–Kier alpha value is -1.06. The van der Waals surface area contributed by atoms with Crippen molar-refractivity contribution in [3.8, 4) is 0 Å². The van der Waals surface area contributed by atoms with Crippen molar-refractivity contribution in [2.75, 3.05) is 25.9 Å². The fraction of sp³-hybridized carbons (Fsp3) is 0.571. The normalized spacial score (nSPS) is 13.3. The molecule has 0 saturated heterocycles. The van der Waals surface area contributed by atoms with E-state index in [1.54, 1.807) is 0 Å². The number of anilines is 1. The largest absolute Gasteiger partial charge is 0.399 e. The number of nitrogens with two attached hydrogens (primary N) is 1. The van der Waals surface area contributed by atoms with Crippen LogP contribution in [0.5, 0.6) is 0 Å². The first kappa shape index (κ1) is 14.0. The minimum Gasteiger partial charge on any atom is -0.399 e. The molecule has 3 heteroatoms. The SMILES string of the molecule is CC(C)C(O)CN(C)CCc1cccc(N)c1. The van der Waals surface area contributed by atoms with Crippen LogP contribution < -0.4 is 5.73 Å². The third kappa shape index (κ3) is 5.20. The van der Waals surface area contributed by atoms with Crippen molar-refractivity contribution >= 4 is 5.69 Å². The summed E-state index contributed by atoms with van der Waals surface area (Å²) in [5.74, 6) is 0.310. The van der Waals surface area contributed by atoms with Gasteiger partial charge in [-0.05, 0) is 37.1 Å². The van der Waals surface area contributed by atoms with Gasteiger partial charge in [0.1, 0.15) is 0 Å². The van der Waals surface area contributed by atoms with Gasteiger partial charge in [-0.1, -0.05) is 26.0 Å². The van der Waals surface area contributed by atoms with Crippen LogP contribution in [0.4, 0.5) is 5.69 Å². The molecule has 0 radical (unpaired) electrons. The van der Waals surface area contributed by atoms with Crippen LogP contribution in [0.1, 0.15) is 19.4 Å². The highest BCUT2D eigenvalue weighted by molar-refractivity contribution is 5.40. The fourth-order valence-corrected chi connectivity index (χ4v) is 1.69. The van der Waals surface area contributed by atoms with Gasteiger partial charge in [0.25, 0.3) is 0 Å². The lowest BCUT2D eigenvalue weighted by Gasteiger charge is -2.22. The van der Waals surface area contributed by atoms with Crippen LogP contribution in [0, 0.1) is 5.92 Å². The van der Waals surface area contributed by atoms with Crippen LogP contribution in [0.2, 0.25) is 0 Å². The predicted molar refractivity (Wildman–Crippen MR) is 72.9 cm³/mol. The molecule has 3 N–H and O–H groups in total. The molecular formula is C14H24N2O. The number of aliphatic hydroxyl groups is 1. The van der Waals surface area contributed by atoms with Gasteiger partial charge < -0.3 is 15.7 Å². The van der Waals surface area contributed by atoms with Crippen LogP contribution in [0.25, 0.3) is 0 Å². The highest BCUT2D eigenvalue weighted by Crippen LogP contribution is 2.08. The van der Waals surface area contributed by atoms with E-state index in [-0.39, 0.29) is 6.10 Å². The van der Waals surface area contributed by atoms with Gasteiger partial charge in [-0.3, -0.25) is 0 Å². The highest BCUT2D eigenvalue weighted by atomic mass is 16.3. The molecule has 0 aromatic heterocycles. The van der Waals surface area contributed by atoms with Crippen LogP contribution in [0.15, 0.2) is 24.3 Å². The quantitative estimate of drug-likeness (QED) is 0.740. The molecule has 1 rings (SSSR count). The number of benzene rings is 1. The Balaban J connectivity index is 2.35. The molecule has 0 spiro atoms. The molecule has 0 aliphatic heterocycles. The number of nitrogens with zero attached hydrogens (tertiary/aromatic N) is 1. The lowest BCUT2D eigenvalue weighted by atomic mass is 10.1. The second kappa shape index (κ2) is 6.62. The van der Waals surface area contributed by atoms with Gasteiger partial charge >= 0.3 is 0 Å². The standard InChI is InChI=1S/C14H24N2O/c1-11(2)14(17)10-16(3)8-7-12-5-4-6-13(15)9-12/h4-6,9,11,14,17H,7-8,10,15H2,1-3H3. The van der Waals surface area contributed by atoms with Crippen molar-refractivity contribution < 1.29 is 5.11 Å². The van der Waals surface area contributed by atoms with Crippen LogP contribution in [0.3, 0.4) is 0 Å². The van der Waals surface area contributed by atoms with Crippen LogP contribution >= 0.6 is 0 Å². The molecule has 3 nitrogen and oxygen atoms in total. The van der Waals surface area contributed by atoms with Crippen molar-refractivity contribution in [1.29, 1.82) is 0 Å². The molecule has 96 valence electrons. The van der Waals surface area contributed by atoms with E-state index in [1.807, 2.05) is 39.1 Å². The first-order valence-electron chi connectivity index (χ1n) is 6.20. The number of rotatable bonds is 6. The summed E-state index contributed by atoms with van der Waals surface area (Å²) in [4.78, 5) is 2.16. The van der Waals surface area contributed by atoms with Crippen LogP contribution in [-0.2, 0) is 6.42 Å². The van der Waals surface area contributed by atoms with E-state index in [0.29, 0.717) is 5.92 Å². The number of likely N-dealkylation sites (N-methyl/N-ethyl adjacent to an activating group) is 1. The van der Waals surface area contributed by atoms with Crippen molar-refractivity contribution in [2.45, 2.75) is 26.4 Å². The van der Waals surface area contributed by atoms with Gasteiger partial charge in [0.05, 0.1) is 6.10 Å². The summed E-state index contributed by atoms with van der Waals surface area (Å²) in [6.45, 7) is 5.74. The third-order valence-corrected chi connectivity index (χ3v) is 3.00. The van der Waals surface area contributed by atoms with Gasteiger partial charge in [-0.2, -0.15) is 0 Å². The van der Waals surface area contributed by atoms with Crippen molar-refractivity contribution in [1.82, 2.24) is 4.90 Å². The molecule has 0 saturated carbocycles. The van der Waals surface area contributed by atoms with Gasteiger partial charge in [-0.25, -0.2) is 0 Å². The highest BCUT2D eigenvalue weighted by Gasteiger charge is 2.11. The van der Waals surface area contributed by atoms with Crippen molar-refractivity contribution in [3.63, 3.8) is 0 Å². The van der Waals surface area contributed by atoms with E-state index in [0.717, 1.165) is 25.2 Å². The number of hydrogen-bond donors (Lipinski definition) is 2. The summed E-state index contributed by atoms with van der Waals surface area (Å²) in [5, 5.41) is 9.78. The molecular weight excluding hydrogens is 212 g/mol. The lowest BCUT2D eigenvalue weighted by molar-refractivity contribution is 0.0866. The van der Waals surface area contributed by atoms with Crippen molar-refractivity contribution in [3.05, 3.63) is 29.8 Å². The summed E-state index contributed by atoms with van der Waals surface area (Å²) in [6, 6.07) is 7.97. The molecule has 0 amide bonds. The Morgan fingerprint density at radius 1 is 1.35 bits per heavy atom. The maximum atomic E-state index is 9.78. The lowest BCUT2D eigenvalue weighted by Crippen LogP contribution is -2.33. The van der Waals surface area contributed by atoms with E-state index in [4.69, 9.17) is 5.73 Å². The van der Waals surface area contributed by atoms with E-state index in [1.165, 1.54) is 5.56 Å². The summed E-state index contributed by atoms with van der Waals surface area (Å²) in [7, 11) is 2.04. The average Bonchev–Trinajstić information content (AvgIpc) is 2.26. The monoisotopic (exact) mass is 236 g/mol. The second-order valence-corrected chi connectivity index (χ2v) is 5.07. The van der Waals surface area contributed by atoms with Crippen molar-refractivity contribution in [2.24, 2.45) is 5.92 Å². The smallest absolute Gasteiger partial charge is 0.0689 e. The average molecular weight is 236 g/mol. The summed E-state index contributed by atoms with van der Waals surface area (Å²) in [5.41, 5.74) is 7.79. The molecule has 0 fully saturated rings. The summed E-state index contributed by atoms with van der Waals surface area (Å²) in [6.07, 6.45) is 0.715. The Kier molecular flexibility index (Phi) is 5.45. The van der Waals surface area contributed by atoms with E-state index in [2.05, 4.69) is 11.0 Å².